The molecule has 0 spiro atoms. The highest BCUT2D eigenvalue weighted by Crippen LogP contribution is 2.33. The molecule has 1 heterocycles. The Bertz CT molecular complexity index is 515. The summed E-state index contributed by atoms with van der Waals surface area (Å²) in [6, 6.07) is 7.69. The molecular weight excluding hydrogens is 282 g/mol. The van der Waals surface area contributed by atoms with Gasteiger partial charge in [0.15, 0.2) is 0 Å². The van der Waals surface area contributed by atoms with Gasteiger partial charge in [-0.2, -0.15) is 0 Å². The number of carboxylic acids is 1. The van der Waals surface area contributed by atoms with Crippen molar-refractivity contribution in [2.75, 3.05) is 13.2 Å². The smallest absolute Gasteiger partial charge is 0.303 e. The second-order valence-electron chi connectivity index (χ2n) is 5.58. The van der Waals surface area contributed by atoms with Crippen LogP contribution in [0, 0.1) is 0 Å². The number of unbranched alkanes of at least 4 members (excludes halogenated alkanes) is 3. The molecule has 0 radical (unpaired) electrons. The Morgan fingerprint density at radius 3 is 2.77 bits per heavy atom. The number of fused-ring (bicyclic) bond motifs is 1. The van der Waals surface area contributed by atoms with Gasteiger partial charge >= 0.3 is 5.97 Å². The van der Waals surface area contributed by atoms with Crippen LogP contribution in [0.15, 0.2) is 24.3 Å². The zero-order valence-electron chi connectivity index (χ0n) is 12.7. The second kappa shape index (κ2) is 8.41. The van der Waals surface area contributed by atoms with Crippen LogP contribution in [-0.2, 0) is 9.59 Å². The van der Waals surface area contributed by atoms with Crippen molar-refractivity contribution in [3.8, 4) is 5.75 Å². The number of amides is 1. The molecule has 0 aliphatic carbocycles. The summed E-state index contributed by atoms with van der Waals surface area (Å²) in [4.78, 5) is 22.7. The van der Waals surface area contributed by atoms with Crippen molar-refractivity contribution in [3.63, 3.8) is 0 Å². The van der Waals surface area contributed by atoms with Gasteiger partial charge in [0.1, 0.15) is 5.75 Å². The van der Waals surface area contributed by atoms with Gasteiger partial charge in [-0.3, -0.25) is 9.59 Å². The van der Waals surface area contributed by atoms with E-state index in [4.69, 9.17) is 9.84 Å². The van der Waals surface area contributed by atoms with Gasteiger partial charge in [-0.05, 0) is 25.3 Å². The zero-order valence-corrected chi connectivity index (χ0v) is 12.7. The molecule has 0 saturated heterocycles. The highest BCUT2D eigenvalue weighted by atomic mass is 16.5. The third-order valence-corrected chi connectivity index (χ3v) is 3.89. The molecule has 0 bridgehead atoms. The van der Waals surface area contributed by atoms with Gasteiger partial charge in [0.05, 0.1) is 12.5 Å². The van der Waals surface area contributed by atoms with Gasteiger partial charge in [-0.1, -0.05) is 31.0 Å². The van der Waals surface area contributed by atoms with Crippen LogP contribution in [0.5, 0.6) is 5.75 Å². The Morgan fingerprint density at radius 2 is 1.95 bits per heavy atom. The van der Waals surface area contributed by atoms with E-state index in [1.54, 1.807) is 0 Å². The van der Waals surface area contributed by atoms with E-state index in [0.717, 1.165) is 30.6 Å². The minimum atomic E-state index is -0.744. The van der Waals surface area contributed by atoms with E-state index in [9.17, 15) is 9.59 Å². The lowest BCUT2D eigenvalue weighted by Gasteiger charge is -2.25. The third-order valence-electron chi connectivity index (χ3n) is 3.89. The molecule has 22 heavy (non-hydrogen) atoms. The fourth-order valence-corrected chi connectivity index (χ4v) is 2.70. The van der Waals surface area contributed by atoms with Gasteiger partial charge < -0.3 is 15.2 Å². The topological polar surface area (TPSA) is 75.6 Å². The summed E-state index contributed by atoms with van der Waals surface area (Å²) in [6.07, 6.45) is 4.36. The molecule has 2 rings (SSSR count). The van der Waals surface area contributed by atoms with E-state index in [1.165, 1.54) is 0 Å². The fraction of sp³-hybridized carbons (Fsp3) is 0.529. The summed E-state index contributed by atoms with van der Waals surface area (Å²) < 4.78 is 5.57. The fourth-order valence-electron chi connectivity index (χ4n) is 2.70. The predicted octanol–water partition coefficient (Wildman–Crippen LogP) is 2.70. The molecule has 1 aromatic rings. The monoisotopic (exact) mass is 305 g/mol. The Morgan fingerprint density at radius 1 is 1.18 bits per heavy atom. The number of hydrogen-bond donors (Lipinski definition) is 2. The standard InChI is InChI=1S/C17H23NO4/c19-16(20)9-3-1-2-6-11-18-17(21)14-10-12-22-15-8-5-4-7-13(14)15/h4-5,7-8,14H,1-3,6,9-12H2,(H,18,21)(H,19,20). The predicted molar refractivity (Wildman–Crippen MR) is 83.0 cm³/mol. The first-order valence-corrected chi connectivity index (χ1v) is 7.89. The van der Waals surface area contributed by atoms with E-state index in [2.05, 4.69) is 5.32 Å². The lowest BCUT2D eigenvalue weighted by Crippen LogP contribution is -2.33. The number of hydrogen-bond acceptors (Lipinski definition) is 3. The molecule has 5 nitrogen and oxygen atoms in total. The maximum Gasteiger partial charge on any atom is 0.303 e. The van der Waals surface area contributed by atoms with E-state index in [1.807, 2.05) is 24.3 Å². The lowest BCUT2D eigenvalue weighted by atomic mass is 9.92. The normalized spacial score (nSPS) is 16.5. The Hall–Kier alpha value is -2.04. The van der Waals surface area contributed by atoms with Gasteiger partial charge in [-0.15, -0.1) is 0 Å². The number of benzene rings is 1. The summed E-state index contributed by atoms with van der Waals surface area (Å²) >= 11 is 0. The number of carbonyl (C=O) groups excluding carboxylic acids is 1. The maximum atomic E-state index is 12.3. The lowest BCUT2D eigenvalue weighted by molar-refractivity contribution is -0.137. The number of ether oxygens (including phenoxy) is 1. The van der Waals surface area contributed by atoms with Crippen LogP contribution in [0.2, 0.25) is 0 Å². The molecule has 5 heteroatoms. The Labute approximate surface area is 130 Å². The van der Waals surface area contributed by atoms with Crippen molar-refractivity contribution in [2.45, 2.75) is 44.4 Å². The molecule has 2 N–H and O–H groups in total. The van der Waals surface area contributed by atoms with E-state index < -0.39 is 5.97 Å². The largest absolute Gasteiger partial charge is 0.493 e. The minimum absolute atomic E-state index is 0.0567. The molecule has 1 aliphatic rings. The number of para-hydroxylation sites is 1. The van der Waals surface area contributed by atoms with Crippen molar-refractivity contribution >= 4 is 11.9 Å². The highest BCUT2D eigenvalue weighted by Gasteiger charge is 2.26. The molecule has 1 aromatic carbocycles. The molecule has 1 atom stereocenters. The summed E-state index contributed by atoms with van der Waals surface area (Å²) in [7, 11) is 0. The number of rotatable bonds is 8. The van der Waals surface area contributed by atoms with Crippen LogP contribution in [0.1, 0.15) is 50.0 Å². The van der Waals surface area contributed by atoms with Crippen molar-refractivity contribution in [1.29, 1.82) is 0 Å². The molecule has 0 saturated carbocycles. The SMILES string of the molecule is O=C(O)CCCCCCNC(=O)C1CCOc2ccccc21. The van der Waals surface area contributed by atoms with Crippen molar-refractivity contribution in [2.24, 2.45) is 0 Å². The van der Waals surface area contributed by atoms with Crippen LogP contribution in [0.3, 0.4) is 0 Å². The van der Waals surface area contributed by atoms with Crippen LogP contribution in [0.4, 0.5) is 0 Å². The van der Waals surface area contributed by atoms with Crippen LogP contribution in [-0.4, -0.2) is 30.1 Å². The Balaban J connectivity index is 1.69. The van der Waals surface area contributed by atoms with Gasteiger partial charge in [0.2, 0.25) is 5.91 Å². The van der Waals surface area contributed by atoms with E-state index in [-0.39, 0.29) is 18.2 Å². The van der Waals surface area contributed by atoms with Crippen molar-refractivity contribution in [1.82, 2.24) is 5.32 Å². The molecule has 1 aliphatic heterocycles. The first kappa shape index (κ1) is 16.3. The summed E-state index contributed by atoms with van der Waals surface area (Å²) in [6.45, 7) is 1.22. The Kier molecular flexibility index (Phi) is 6.25. The van der Waals surface area contributed by atoms with Crippen LogP contribution >= 0.6 is 0 Å². The summed E-state index contributed by atoms with van der Waals surface area (Å²) in [5.41, 5.74) is 0.965. The number of carbonyl (C=O) groups is 2. The third kappa shape index (κ3) is 4.76. The number of aliphatic carboxylic acids is 1. The molecule has 0 aromatic heterocycles. The average molecular weight is 305 g/mol. The first-order valence-electron chi connectivity index (χ1n) is 7.89. The maximum absolute atomic E-state index is 12.3. The van der Waals surface area contributed by atoms with Gasteiger partial charge in [0, 0.05) is 18.5 Å². The highest BCUT2D eigenvalue weighted by molar-refractivity contribution is 5.84. The second-order valence-corrected chi connectivity index (χ2v) is 5.58. The summed E-state index contributed by atoms with van der Waals surface area (Å²) in [5, 5.41) is 11.5. The van der Waals surface area contributed by atoms with Crippen LogP contribution in [0.25, 0.3) is 0 Å². The molecule has 0 fully saturated rings. The molecule has 120 valence electrons. The minimum Gasteiger partial charge on any atom is -0.493 e. The molecule has 1 amide bonds. The molecule has 1 unspecified atom stereocenters. The van der Waals surface area contributed by atoms with Gasteiger partial charge in [0.25, 0.3) is 0 Å². The number of nitrogens with one attached hydrogen (secondary N) is 1. The average Bonchev–Trinajstić information content (AvgIpc) is 2.53. The summed E-state index contributed by atoms with van der Waals surface area (Å²) in [5.74, 6) is -0.00713. The van der Waals surface area contributed by atoms with E-state index >= 15 is 0 Å². The van der Waals surface area contributed by atoms with E-state index in [0.29, 0.717) is 26.0 Å². The molecular formula is C17H23NO4. The van der Waals surface area contributed by atoms with Crippen LogP contribution < -0.4 is 10.1 Å². The van der Waals surface area contributed by atoms with Gasteiger partial charge in [-0.25, -0.2) is 0 Å². The number of carboxylic acid groups (broad SMARTS) is 1. The zero-order chi connectivity index (χ0) is 15.8. The van der Waals surface area contributed by atoms with Crippen molar-refractivity contribution in [3.05, 3.63) is 29.8 Å². The quantitative estimate of drug-likeness (QED) is 0.724. The van der Waals surface area contributed by atoms with Crippen molar-refractivity contribution < 1.29 is 19.4 Å². The first-order chi connectivity index (χ1) is 10.7.